The maximum absolute atomic E-state index is 12.3. The third kappa shape index (κ3) is 4.90. The lowest BCUT2D eigenvalue weighted by Gasteiger charge is -2.07. The smallest absolute Gasteiger partial charge is 0.294 e. The van der Waals surface area contributed by atoms with Crippen molar-refractivity contribution in [3.8, 4) is 0 Å². The number of carbonyl (C=O) groups is 1. The summed E-state index contributed by atoms with van der Waals surface area (Å²) >= 11 is 0. The first kappa shape index (κ1) is 18.7. The number of nitrogens with zero attached hydrogens (tertiary/aromatic N) is 2. The van der Waals surface area contributed by atoms with Gasteiger partial charge < -0.3 is 22.2 Å². The molecule has 5 nitrogen and oxygen atoms in total. The van der Waals surface area contributed by atoms with Crippen LogP contribution >= 0.6 is 0 Å². The number of rotatable bonds is 5. The summed E-state index contributed by atoms with van der Waals surface area (Å²) in [6, 6.07) is 15.7. The first-order valence-electron chi connectivity index (χ1n) is 7.89. The Labute approximate surface area is 153 Å². The van der Waals surface area contributed by atoms with Crippen LogP contribution in [0.3, 0.4) is 0 Å². The molecular formula is C19H20ClN3O2. The zero-order valence-corrected chi connectivity index (χ0v) is 14.9. The average molecular weight is 358 g/mol. The van der Waals surface area contributed by atoms with Crippen LogP contribution in [0.25, 0.3) is 0 Å². The van der Waals surface area contributed by atoms with Crippen LogP contribution in [0.1, 0.15) is 29.9 Å². The lowest BCUT2D eigenvalue weighted by molar-refractivity contribution is -0.705. The maximum atomic E-state index is 12.3. The van der Waals surface area contributed by atoms with E-state index in [1.165, 1.54) is 11.1 Å². The molecule has 0 spiro atoms. The van der Waals surface area contributed by atoms with Crippen molar-refractivity contribution in [3.05, 3.63) is 77.8 Å². The predicted molar refractivity (Wildman–Crippen MR) is 90.5 cm³/mol. The number of carbonyl (C=O) groups excluding carboxylic acids is 1. The van der Waals surface area contributed by atoms with Gasteiger partial charge >= 0.3 is 0 Å². The van der Waals surface area contributed by atoms with E-state index in [9.17, 15) is 4.79 Å². The molecule has 2 aromatic heterocycles. The van der Waals surface area contributed by atoms with E-state index in [2.05, 4.69) is 22.6 Å². The lowest BCUT2D eigenvalue weighted by Crippen LogP contribution is -3.00. The maximum Gasteiger partial charge on any atom is 0.294 e. The Morgan fingerprint density at radius 1 is 1.16 bits per heavy atom. The second kappa shape index (κ2) is 8.44. The van der Waals surface area contributed by atoms with Crippen molar-refractivity contribution in [2.75, 3.05) is 5.32 Å². The Balaban J connectivity index is 0.00000225. The van der Waals surface area contributed by atoms with Crippen molar-refractivity contribution in [2.45, 2.75) is 26.3 Å². The number of amides is 1. The molecule has 0 saturated heterocycles. The van der Waals surface area contributed by atoms with Crippen molar-refractivity contribution in [1.29, 1.82) is 0 Å². The second-order valence-corrected chi connectivity index (χ2v) is 5.80. The van der Waals surface area contributed by atoms with Crippen LogP contribution < -0.4 is 22.3 Å². The van der Waals surface area contributed by atoms with E-state index < -0.39 is 0 Å². The minimum Gasteiger partial charge on any atom is -1.00 e. The van der Waals surface area contributed by atoms with Gasteiger partial charge in [-0.05, 0) is 24.5 Å². The van der Waals surface area contributed by atoms with Crippen molar-refractivity contribution in [3.63, 3.8) is 0 Å². The lowest BCUT2D eigenvalue weighted by atomic mass is 10.1. The molecule has 1 aromatic carbocycles. The number of benzene rings is 1. The van der Waals surface area contributed by atoms with E-state index in [-0.39, 0.29) is 24.4 Å². The van der Waals surface area contributed by atoms with Crippen LogP contribution in [0.15, 0.2) is 65.4 Å². The average Bonchev–Trinajstić information content (AvgIpc) is 3.00. The van der Waals surface area contributed by atoms with Crippen LogP contribution in [0.5, 0.6) is 0 Å². The number of hydrogen-bond acceptors (Lipinski definition) is 3. The van der Waals surface area contributed by atoms with Gasteiger partial charge in [0.2, 0.25) is 6.04 Å². The monoisotopic (exact) mass is 357 g/mol. The predicted octanol–water partition coefficient (Wildman–Crippen LogP) is 0.0650. The minimum atomic E-state index is -0.340. The van der Waals surface area contributed by atoms with E-state index in [4.69, 9.17) is 4.52 Å². The molecule has 0 aliphatic rings. The third-order valence-corrected chi connectivity index (χ3v) is 3.88. The highest BCUT2D eigenvalue weighted by Gasteiger charge is 2.22. The molecule has 6 heteroatoms. The van der Waals surface area contributed by atoms with Crippen molar-refractivity contribution < 1.29 is 26.3 Å². The number of anilines is 1. The highest BCUT2D eigenvalue weighted by molar-refractivity contribution is 5.91. The highest BCUT2D eigenvalue weighted by atomic mass is 35.5. The molecule has 0 aliphatic carbocycles. The van der Waals surface area contributed by atoms with Crippen LogP contribution in [0.2, 0.25) is 0 Å². The van der Waals surface area contributed by atoms with Crippen molar-refractivity contribution >= 4 is 11.7 Å². The van der Waals surface area contributed by atoms with Crippen LogP contribution in [-0.2, 0) is 11.2 Å². The summed E-state index contributed by atoms with van der Waals surface area (Å²) in [5, 5.41) is 6.53. The number of aromatic nitrogens is 2. The first-order valence-corrected chi connectivity index (χ1v) is 7.89. The molecule has 3 aromatic rings. The fourth-order valence-corrected chi connectivity index (χ4v) is 2.47. The molecule has 1 unspecified atom stereocenters. The van der Waals surface area contributed by atoms with Gasteiger partial charge in [-0.3, -0.25) is 4.79 Å². The van der Waals surface area contributed by atoms with Crippen molar-refractivity contribution in [1.82, 2.24) is 5.16 Å². The van der Waals surface area contributed by atoms with Crippen LogP contribution in [-0.4, -0.2) is 11.1 Å². The molecule has 0 fully saturated rings. The van der Waals surface area contributed by atoms with E-state index in [0.717, 1.165) is 6.42 Å². The van der Waals surface area contributed by atoms with Gasteiger partial charge in [0.05, 0.1) is 0 Å². The first-order chi connectivity index (χ1) is 11.6. The number of halogens is 1. The van der Waals surface area contributed by atoms with Gasteiger partial charge in [0.1, 0.15) is 5.76 Å². The molecule has 0 saturated carbocycles. The quantitative estimate of drug-likeness (QED) is 0.657. The molecular weight excluding hydrogens is 338 g/mol. The molecule has 2 heterocycles. The summed E-state index contributed by atoms with van der Waals surface area (Å²) in [5.41, 5.74) is 2.47. The normalized spacial score (nSPS) is 11.4. The molecule has 0 bridgehead atoms. The van der Waals surface area contributed by atoms with Crippen molar-refractivity contribution in [2.24, 2.45) is 0 Å². The summed E-state index contributed by atoms with van der Waals surface area (Å²) in [4.78, 5) is 12.3. The third-order valence-electron chi connectivity index (χ3n) is 3.88. The van der Waals surface area contributed by atoms with E-state index in [0.29, 0.717) is 11.6 Å². The van der Waals surface area contributed by atoms with E-state index in [1.54, 1.807) is 13.0 Å². The molecule has 0 radical (unpaired) electrons. The Morgan fingerprint density at radius 2 is 1.80 bits per heavy atom. The van der Waals surface area contributed by atoms with Crippen LogP contribution in [0, 0.1) is 6.92 Å². The van der Waals surface area contributed by atoms with E-state index in [1.807, 2.05) is 54.2 Å². The van der Waals surface area contributed by atoms with Gasteiger partial charge in [0.25, 0.3) is 5.91 Å². The van der Waals surface area contributed by atoms with Gasteiger partial charge in [-0.25, -0.2) is 0 Å². The zero-order valence-electron chi connectivity index (χ0n) is 14.1. The summed E-state index contributed by atoms with van der Waals surface area (Å²) in [7, 11) is 0. The Bertz CT molecular complexity index is 816. The molecule has 1 N–H and O–H groups in total. The van der Waals surface area contributed by atoms with E-state index >= 15 is 0 Å². The zero-order chi connectivity index (χ0) is 16.9. The summed E-state index contributed by atoms with van der Waals surface area (Å²) < 4.78 is 6.82. The standard InChI is InChI=1S/C19H19N3O2.ClH/c1-14-12-18(21-24-14)20-19(23)15(2)22-10-8-17(9-11-22)13-16-6-4-3-5-7-16;/h3-12,15H,13H2,1-2H3;1H. The fraction of sp³-hybridized carbons (Fsp3) is 0.211. The molecule has 1 atom stereocenters. The molecule has 3 rings (SSSR count). The molecule has 130 valence electrons. The fourth-order valence-electron chi connectivity index (χ4n) is 2.47. The van der Waals surface area contributed by atoms with Crippen LogP contribution in [0.4, 0.5) is 5.82 Å². The SMILES string of the molecule is Cc1cc(NC(=O)C(C)[n+]2ccc(Cc3ccccc3)cc2)no1.[Cl-]. The number of hydrogen-bond donors (Lipinski definition) is 1. The largest absolute Gasteiger partial charge is 1.00 e. The Morgan fingerprint density at radius 3 is 2.40 bits per heavy atom. The number of pyridine rings is 1. The number of nitrogens with one attached hydrogen (secondary N) is 1. The Hall–Kier alpha value is -2.66. The molecule has 1 amide bonds. The van der Waals surface area contributed by atoms with Gasteiger partial charge in [0, 0.05) is 25.1 Å². The highest BCUT2D eigenvalue weighted by Crippen LogP contribution is 2.10. The van der Waals surface area contributed by atoms with Gasteiger partial charge in [0.15, 0.2) is 18.2 Å². The minimum absolute atomic E-state index is 0. The van der Waals surface area contributed by atoms with Gasteiger partial charge in [-0.2, -0.15) is 4.57 Å². The molecule has 0 aliphatic heterocycles. The van der Waals surface area contributed by atoms with Gasteiger partial charge in [-0.15, -0.1) is 0 Å². The topological polar surface area (TPSA) is 59.0 Å². The van der Waals surface area contributed by atoms with Gasteiger partial charge in [-0.1, -0.05) is 35.5 Å². The molecule has 25 heavy (non-hydrogen) atoms. The summed E-state index contributed by atoms with van der Waals surface area (Å²) in [5.74, 6) is 0.964. The second-order valence-electron chi connectivity index (χ2n) is 5.80. The summed E-state index contributed by atoms with van der Waals surface area (Å²) in [6.45, 7) is 3.63. The summed E-state index contributed by atoms with van der Waals surface area (Å²) in [6.07, 6.45) is 4.73. The number of aryl methyl sites for hydroxylation is 1. The Kier molecular flexibility index (Phi) is 6.31.